The number of hydrogen-bond donors (Lipinski definition) is 2. The lowest BCUT2D eigenvalue weighted by atomic mass is 9.84. The fourth-order valence-electron chi connectivity index (χ4n) is 3.91. The zero-order valence-electron chi connectivity index (χ0n) is 17.1. The first-order valence-corrected chi connectivity index (χ1v) is 10.0. The Morgan fingerprint density at radius 2 is 1.19 bits per heavy atom. The van der Waals surface area contributed by atoms with Crippen LogP contribution in [0.25, 0.3) is 0 Å². The van der Waals surface area contributed by atoms with Gasteiger partial charge in [0.2, 0.25) is 0 Å². The second-order valence-corrected chi connectivity index (χ2v) is 8.02. The molecule has 0 unspecified atom stereocenters. The summed E-state index contributed by atoms with van der Waals surface area (Å²) in [5.74, 6) is -2.50. The third-order valence-corrected chi connectivity index (χ3v) is 5.34. The summed E-state index contributed by atoms with van der Waals surface area (Å²) in [5.41, 5.74) is 0.541. The van der Waals surface area contributed by atoms with Gasteiger partial charge in [-0.2, -0.15) is 0 Å². The first kappa shape index (κ1) is 21.5. The summed E-state index contributed by atoms with van der Waals surface area (Å²) < 4.78 is 22.6. The van der Waals surface area contributed by atoms with Crippen LogP contribution in [0, 0.1) is 0 Å². The van der Waals surface area contributed by atoms with E-state index in [1.54, 1.807) is 74.5 Å². The molecule has 1 saturated heterocycles. The summed E-state index contributed by atoms with van der Waals surface area (Å²) in [6.07, 6.45) is -7.45. The quantitative estimate of drug-likeness (QED) is 0.708. The average Bonchev–Trinajstić information content (AvgIpc) is 3.10. The lowest BCUT2D eigenvalue weighted by molar-refractivity contribution is -0.193. The molecule has 31 heavy (non-hydrogen) atoms. The molecule has 2 aromatic carbocycles. The van der Waals surface area contributed by atoms with E-state index in [1.165, 1.54) is 0 Å². The Balaban J connectivity index is 1.59. The molecule has 1 aliphatic heterocycles. The van der Waals surface area contributed by atoms with Crippen LogP contribution in [0.1, 0.15) is 34.6 Å². The summed E-state index contributed by atoms with van der Waals surface area (Å²) in [6, 6.07) is 16.5. The minimum absolute atomic E-state index is 0.255. The monoisotopic (exact) mass is 428 g/mol. The molecule has 1 saturated carbocycles. The van der Waals surface area contributed by atoms with E-state index in [4.69, 9.17) is 18.9 Å². The second-order valence-electron chi connectivity index (χ2n) is 8.02. The number of aliphatic hydroxyl groups is 2. The number of ether oxygens (including phenoxy) is 4. The third kappa shape index (κ3) is 4.33. The molecule has 2 fully saturated rings. The van der Waals surface area contributed by atoms with Crippen LogP contribution in [0.15, 0.2) is 60.7 Å². The fraction of sp³-hybridized carbons (Fsp3) is 0.391. The minimum Gasteiger partial charge on any atom is -0.453 e. The van der Waals surface area contributed by atoms with Crippen LogP contribution in [0.3, 0.4) is 0 Å². The molecule has 2 N–H and O–H groups in total. The zero-order valence-corrected chi connectivity index (χ0v) is 17.1. The van der Waals surface area contributed by atoms with Gasteiger partial charge in [-0.25, -0.2) is 9.59 Å². The average molecular weight is 428 g/mol. The Bertz CT molecular complexity index is 929. The normalized spacial score (nSPS) is 31.5. The number of esters is 2. The van der Waals surface area contributed by atoms with Gasteiger partial charge in [-0.15, -0.1) is 0 Å². The van der Waals surface area contributed by atoms with Crippen LogP contribution < -0.4 is 0 Å². The van der Waals surface area contributed by atoms with Crippen molar-refractivity contribution in [1.82, 2.24) is 0 Å². The van der Waals surface area contributed by atoms with Crippen molar-refractivity contribution in [2.24, 2.45) is 0 Å². The Morgan fingerprint density at radius 1 is 0.742 bits per heavy atom. The SMILES string of the molecule is CC1(C)O[C@@H]2[C@H](O1)[C@H](O)[C@@H](OC(=O)c1ccccc1)[C@H](O)[C@H]2OC(=O)c1ccccc1. The molecular weight excluding hydrogens is 404 g/mol. The largest absolute Gasteiger partial charge is 0.453 e. The summed E-state index contributed by atoms with van der Waals surface area (Å²) in [5, 5.41) is 21.8. The highest BCUT2D eigenvalue weighted by Crippen LogP contribution is 2.40. The van der Waals surface area contributed by atoms with Gasteiger partial charge in [0, 0.05) is 0 Å². The molecule has 0 radical (unpaired) electrons. The Kier molecular flexibility index (Phi) is 5.81. The van der Waals surface area contributed by atoms with Crippen molar-refractivity contribution in [2.45, 2.75) is 56.3 Å². The van der Waals surface area contributed by atoms with Crippen LogP contribution in [-0.2, 0) is 18.9 Å². The molecule has 6 atom stereocenters. The number of carbonyl (C=O) groups is 2. The van der Waals surface area contributed by atoms with E-state index in [0.717, 1.165) is 0 Å². The van der Waals surface area contributed by atoms with E-state index >= 15 is 0 Å². The zero-order chi connectivity index (χ0) is 22.2. The molecule has 2 aliphatic rings. The highest BCUT2D eigenvalue weighted by molar-refractivity contribution is 5.90. The maximum absolute atomic E-state index is 12.6. The minimum atomic E-state index is -1.53. The molecule has 1 heterocycles. The smallest absolute Gasteiger partial charge is 0.338 e. The van der Waals surface area contributed by atoms with Crippen molar-refractivity contribution in [1.29, 1.82) is 0 Å². The Morgan fingerprint density at radius 3 is 1.71 bits per heavy atom. The fourth-order valence-corrected chi connectivity index (χ4v) is 3.91. The lowest BCUT2D eigenvalue weighted by Crippen LogP contribution is -2.64. The molecule has 2 aromatic rings. The van der Waals surface area contributed by atoms with Crippen molar-refractivity contribution >= 4 is 11.9 Å². The van der Waals surface area contributed by atoms with E-state index in [2.05, 4.69) is 0 Å². The molecule has 0 amide bonds. The van der Waals surface area contributed by atoms with E-state index in [0.29, 0.717) is 0 Å². The maximum Gasteiger partial charge on any atom is 0.338 e. The van der Waals surface area contributed by atoms with Crippen LogP contribution in [0.5, 0.6) is 0 Å². The van der Waals surface area contributed by atoms with Crippen molar-refractivity contribution < 1.29 is 38.7 Å². The van der Waals surface area contributed by atoms with Gasteiger partial charge in [-0.3, -0.25) is 0 Å². The predicted octanol–water partition coefficient (Wildman–Crippen LogP) is 1.69. The van der Waals surface area contributed by atoms with Gasteiger partial charge < -0.3 is 29.2 Å². The number of fused-ring (bicyclic) bond motifs is 1. The van der Waals surface area contributed by atoms with E-state index in [-0.39, 0.29) is 11.1 Å². The van der Waals surface area contributed by atoms with Gasteiger partial charge in [0.25, 0.3) is 0 Å². The molecule has 0 bridgehead atoms. The summed E-state index contributed by atoms with van der Waals surface area (Å²) in [6.45, 7) is 3.29. The number of carbonyl (C=O) groups excluding carboxylic acids is 2. The Hall–Kier alpha value is -2.78. The topological polar surface area (TPSA) is 112 Å². The Labute approximate surface area is 179 Å². The van der Waals surface area contributed by atoms with Gasteiger partial charge in [0.15, 0.2) is 18.0 Å². The molecule has 1 aliphatic carbocycles. The highest BCUT2D eigenvalue weighted by Gasteiger charge is 2.60. The van der Waals surface area contributed by atoms with Gasteiger partial charge in [0.05, 0.1) is 11.1 Å². The summed E-state index contributed by atoms with van der Waals surface area (Å²) in [4.78, 5) is 25.2. The van der Waals surface area contributed by atoms with Crippen molar-refractivity contribution in [3.05, 3.63) is 71.8 Å². The van der Waals surface area contributed by atoms with Gasteiger partial charge >= 0.3 is 11.9 Å². The molecule has 8 heteroatoms. The summed E-state index contributed by atoms with van der Waals surface area (Å²) in [7, 11) is 0. The number of rotatable bonds is 4. The van der Waals surface area contributed by atoms with E-state index in [9.17, 15) is 19.8 Å². The third-order valence-electron chi connectivity index (χ3n) is 5.34. The van der Waals surface area contributed by atoms with E-state index < -0.39 is 54.3 Å². The van der Waals surface area contributed by atoms with Crippen LogP contribution in [0.4, 0.5) is 0 Å². The van der Waals surface area contributed by atoms with Crippen molar-refractivity contribution in [3.63, 3.8) is 0 Å². The first-order chi connectivity index (χ1) is 14.8. The van der Waals surface area contributed by atoms with Crippen molar-refractivity contribution in [2.75, 3.05) is 0 Å². The number of benzene rings is 2. The van der Waals surface area contributed by atoms with Crippen molar-refractivity contribution in [3.8, 4) is 0 Å². The molecular formula is C23H24O8. The molecule has 4 rings (SSSR count). The number of aliphatic hydroxyl groups excluding tert-OH is 2. The molecule has 0 spiro atoms. The van der Waals surface area contributed by atoms with Gasteiger partial charge in [0.1, 0.15) is 24.4 Å². The molecule has 164 valence electrons. The first-order valence-electron chi connectivity index (χ1n) is 10.0. The highest BCUT2D eigenvalue weighted by atomic mass is 16.8. The van der Waals surface area contributed by atoms with E-state index in [1.807, 2.05) is 0 Å². The standard InChI is InChI=1S/C23H24O8/c1-23(2)30-19-16(25)17(28-21(26)13-9-5-3-6-10-13)15(24)18(20(19)31-23)29-22(27)14-11-7-4-8-12-14/h3-12,15-20,24-25H,1-2H3/t15-,16+,17-,18+,19+,20-/m0/s1. The predicted molar refractivity (Wildman–Crippen MR) is 107 cm³/mol. The molecule has 0 aromatic heterocycles. The van der Waals surface area contributed by atoms with Gasteiger partial charge in [-0.1, -0.05) is 36.4 Å². The van der Waals surface area contributed by atoms with Gasteiger partial charge in [-0.05, 0) is 38.1 Å². The second kappa shape index (κ2) is 8.39. The maximum atomic E-state index is 12.6. The molecule has 8 nitrogen and oxygen atoms in total. The number of hydrogen-bond acceptors (Lipinski definition) is 8. The lowest BCUT2D eigenvalue weighted by Gasteiger charge is -2.42. The summed E-state index contributed by atoms with van der Waals surface area (Å²) >= 11 is 0. The van der Waals surface area contributed by atoms with Crippen LogP contribution in [-0.4, -0.2) is 64.6 Å². The van der Waals surface area contributed by atoms with Crippen LogP contribution in [0.2, 0.25) is 0 Å². The van der Waals surface area contributed by atoms with Crippen LogP contribution >= 0.6 is 0 Å².